The number of benzene rings is 1. The summed E-state index contributed by atoms with van der Waals surface area (Å²) >= 11 is 3.31. The maximum Gasteiger partial charge on any atom is 0.257 e. The molecule has 88 valence electrons. The number of nitrogens with one attached hydrogen (secondary N) is 1. The third-order valence-corrected chi connectivity index (χ3v) is 2.32. The Balaban J connectivity index is 2.26. The molecule has 0 aliphatic heterocycles. The molecule has 0 saturated heterocycles. The first-order chi connectivity index (χ1) is 7.72. The zero-order chi connectivity index (χ0) is 11.8. The monoisotopic (exact) mass is 287 g/mol. The standard InChI is InChI=1S/C11H14BrNO3/c12-9-3-1-4-10(7-9)16-8-11(15)13-5-2-6-14/h1,3-4,7,14H,2,5-6,8H2,(H,13,15). The number of amides is 1. The van der Waals surface area contributed by atoms with Gasteiger partial charge in [0.2, 0.25) is 0 Å². The highest BCUT2D eigenvalue weighted by molar-refractivity contribution is 9.10. The fraction of sp³-hybridized carbons (Fsp3) is 0.364. The lowest BCUT2D eigenvalue weighted by Crippen LogP contribution is -2.30. The number of ether oxygens (including phenoxy) is 1. The van der Waals surface area contributed by atoms with Crippen LogP contribution in [0.25, 0.3) is 0 Å². The maximum absolute atomic E-state index is 11.2. The van der Waals surface area contributed by atoms with Gasteiger partial charge in [0.25, 0.3) is 5.91 Å². The predicted molar refractivity (Wildman–Crippen MR) is 64.3 cm³/mol. The SMILES string of the molecule is O=C(COc1cccc(Br)c1)NCCCO. The molecule has 0 saturated carbocycles. The number of rotatable bonds is 6. The van der Waals surface area contributed by atoms with Crippen molar-refractivity contribution in [3.05, 3.63) is 28.7 Å². The minimum absolute atomic E-state index is 0.0120. The van der Waals surface area contributed by atoms with Crippen molar-refractivity contribution in [1.29, 1.82) is 0 Å². The van der Waals surface area contributed by atoms with Crippen molar-refractivity contribution in [3.8, 4) is 5.75 Å². The maximum atomic E-state index is 11.2. The van der Waals surface area contributed by atoms with E-state index in [2.05, 4.69) is 21.2 Å². The smallest absolute Gasteiger partial charge is 0.257 e. The molecule has 4 nitrogen and oxygen atoms in total. The summed E-state index contributed by atoms with van der Waals surface area (Å²) in [5.41, 5.74) is 0. The summed E-state index contributed by atoms with van der Waals surface area (Å²) in [5.74, 6) is 0.458. The van der Waals surface area contributed by atoms with E-state index in [9.17, 15) is 4.79 Å². The van der Waals surface area contributed by atoms with E-state index in [1.54, 1.807) is 12.1 Å². The highest BCUT2D eigenvalue weighted by Crippen LogP contribution is 2.17. The molecule has 0 fully saturated rings. The van der Waals surface area contributed by atoms with Crippen molar-refractivity contribution in [2.45, 2.75) is 6.42 Å². The summed E-state index contributed by atoms with van der Waals surface area (Å²) in [6.45, 7) is 0.534. The molecule has 5 heteroatoms. The first-order valence-electron chi connectivity index (χ1n) is 4.98. The largest absolute Gasteiger partial charge is 0.484 e. The summed E-state index contributed by atoms with van der Waals surface area (Å²) in [6.07, 6.45) is 0.558. The van der Waals surface area contributed by atoms with Gasteiger partial charge in [0.15, 0.2) is 6.61 Å². The van der Waals surface area contributed by atoms with E-state index in [1.165, 1.54) is 0 Å². The third kappa shape index (κ3) is 5.14. The number of halogens is 1. The molecule has 2 N–H and O–H groups in total. The van der Waals surface area contributed by atoms with Crippen LogP contribution in [0, 0.1) is 0 Å². The molecule has 0 bridgehead atoms. The number of hydrogen-bond donors (Lipinski definition) is 2. The summed E-state index contributed by atoms with van der Waals surface area (Å²) in [7, 11) is 0. The first-order valence-corrected chi connectivity index (χ1v) is 5.77. The minimum atomic E-state index is -0.187. The van der Waals surface area contributed by atoms with Gasteiger partial charge in [-0.2, -0.15) is 0 Å². The fourth-order valence-electron chi connectivity index (χ4n) is 1.06. The summed E-state index contributed by atoms with van der Waals surface area (Å²) in [6, 6.07) is 7.30. The molecule has 0 spiro atoms. The Bertz CT molecular complexity index is 344. The topological polar surface area (TPSA) is 58.6 Å². The van der Waals surface area contributed by atoms with Gasteiger partial charge in [0.05, 0.1) is 0 Å². The predicted octanol–water partition coefficient (Wildman–Crippen LogP) is 1.33. The Morgan fingerprint density at radius 3 is 3.00 bits per heavy atom. The van der Waals surface area contributed by atoms with Crippen molar-refractivity contribution in [2.75, 3.05) is 19.8 Å². The van der Waals surface area contributed by atoms with Crippen molar-refractivity contribution in [1.82, 2.24) is 5.32 Å². The van der Waals surface area contributed by atoms with Crippen LogP contribution in [0.1, 0.15) is 6.42 Å². The van der Waals surface area contributed by atoms with Gasteiger partial charge in [-0.15, -0.1) is 0 Å². The molecule has 0 aliphatic rings. The van der Waals surface area contributed by atoms with Gasteiger partial charge in [0, 0.05) is 17.6 Å². The Morgan fingerprint density at radius 2 is 2.31 bits per heavy atom. The number of carbonyl (C=O) groups excluding carboxylic acids is 1. The molecular formula is C11H14BrNO3. The highest BCUT2D eigenvalue weighted by Gasteiger charge is 2.01. The lowest BCUT2D eigenvalue weighted by atomic mass is 10.3. The number of hydrogen-bond acceptors (Lipinski definition) is 3. The van der Waals surface area contributed by atoms with Crippen LogP contribution >= 0.6 is 15.9 Å². The highest BCUT2D eigenvalue weighted by atomic mass is 79.9. The Morgan fingerprint density at radius 1 is 1.50 bits per heavy atom. The third-order valence-electron chi connectivity index (χ3n) is 1.82. The quantitative estimate of drug-likeness (QED) is 0.776. The van der Waals surface area contributed by atoms with E-state index in [-0.39, 0.29) is 19.1 Å². The van der Waals surface area contributed by atoms with Gasteiger partial charge < -0.3 is 15.2 Å². The number of aliphatic hydroxyl groups excluding tert-OH is 1. The minimum Gasteiger partial charge on any atom is -0.484 e. The van der Waals surface area contributed by atoms with Gasteiger partial charge in [0.1, 0.15) is 5.75 Å². The Labute approximate surface area is 103 Å². The summed E-state index contributed by atoms with van der Waals surface area (Å²) in [4.78, 5) is 11.2. The number of aliphatic hydroxyl groups is 1. The zero-order valence-electron chi connectivity index (χ0n) is 8.78. The molecule has 0 aliphatic carbocycles. The lowest BCUT2D eigenvalue weighted by Gasteiger charge is -2.07. The van der Waals surface area contributed by atoms with Crippen LogP contribution in [0.5, 0.6) is 5.75 Å². The van der Waals surface area contributed by atoms with Crippen LogP contribution < -0.4 is 10.1 Å². The van der Waals surface area contributed by atoms with Crippen LogP contribution in [0.4, 0.5) is 0 Å². The molecule has 0 unspecified atom stereocenters. The van der Waals surface area contributed by atoms with Crippen LogP contribution in [0.15, 0.2) is 28.7 Å². The van der Waals surface area contributed by atoms with E-state index in [0.717, 1.165) is 4.47 Å². The Kier molecular flexibility index (Phi) is 5.88. The van der Waals surface area contributed by atoms with E-state index in [0.29, 0.717) is 18.7 Å². The summed E-state index contributed by atoms with van der Waals surface area (Å²) in [5, 5.41) is 11.2. The van der Waals surface area contributed by atoms with Crippen molar-refractivity contribution in [3.63, 3.8) is 0 Å². The van der Waals surface area contributed by atoms with Gasteiger partial charge in [-0.25, -0.2) is 0 Å². The van der Waals surface area contributed by atoms with Crippen molar-refractivity contribution >= 4 is 21.8 Å². The van der Waals surface area contributed by atoms with Crippen molar-refractivity contribution < 1.29 is 14.6 Å². The Hall–Kier alpha value is -1.07. The second-order valence-corrected chi connectivity index (χ2v) is 4.09. The molecule has 0 atom stereocenters. The van der Waals surface area contributed by atoms with Crippen LogP contribution in [0.3, 0.4) is 0 Å². The molecule has 0 heterocycles. The first kappa shape index (κ1) is 13.0. The second-order valence-electron chi connectivity index (χ2n) is 3.17. The van der Waals surface area contributed by atoms with E-state index < -0.39 is 0 Å². The van der Waals surface area contributed by atoms with E-state index in [4.69, 9.17) is 9.84 Å². The molecular weight excluding hydrogens is 274 g/mol. The van der Waals surface area contributed by atoms with Crippen LogP contribution in [-0.4, -0.2) is 30.8 Å². The summed E-state index contributed by atoms with van der Waals surface area (Å²) < 4.78 is 6.18. The zero-order valence-corrected chi connectivity index (χ0v) is 10.4. The van der Waals surface area contributed by atoms with Gasteiger partial charge >= 0.3 is 0 Å². The molecule has 1 aromatic rings. The second kappa shape index (κ2) is 7.24. The average Bonchev–Trinajstić information content (AvgIpc) is 2.27. The van der Waals surface area contributed by atoms with Gasteiger partial charge in [-0.05, 0) is 24.6 Å². The van der Waals surface area contributed by atoms with E-state index >= 15 is 0 Å². The van der Waals surface area contributed by atoms with Gasteiger partial charge in [-0.1, -0.05) is 22.0 Å². The molecule has 1 amide bonds. The molecule has 0 radical (unpaired) electrons. The molecule has 0 aromatic heterocycles. The number of carbonyl (C=O) groups is 1. The molecule has 16 heavy (non-hydrogen) atoms. The fourth-order valence-corrected chi connectivity index (χ4v) is 1.44. The van der Waals surface area contributed by atoms with Crippen LogP contribution in [0.2, 0.25) is 0 Å². The van der Waals surface area contributed by atoms with Crippen molar-refractivity contribution in [2.24, 2.45) is 0 Å². The van der Waals surface area contributed by atoms with Crippen LogP contribution in [-0.2, 0) is 4.79 Å². The normalized spacial score (nSPS) is 9.88. The lowest BCUT2D eigenvalue weighted by molar-refractivity contribution is -0.123. The molecule has 1 rings (SSSR count). The van der Waals surface area contributed by atoms with E-state index in [1.807, 2.05) is 12.1 Å². The molecule has 1 aromatic carbocycles. The average molecular weight is 288 g/mol. The van der Waals surface area contributed by atoms with Gasteiger partial charge in [-0.3, -0.25) is 4.79 Å².